The Bertz CT molecular complexity index is 549. The molecule has 0 unspecified atom stereocenters. The van der Waals surface area contributed by atoms with E-state index in [1.807, 2.05) is 0 Å². The average Bonchev–Trinajstić information content (AvgIpc) is 2.84. The summed E-state index contributed by atoms with van der Waals surface area (Å²) in [5.74, 6) is 6.61. The first-order chi connectivity index (χ1) is 8.78. The Morgan fingerprint density at radius 1 is 1.00 bits per heavy atom. The molecule has 0 bridgehead atoms. The Kier molecular flexibility index (Phi) is 5.12. The van der Waals surface area contributed by atoms with Crippen molar-refractivity contribution < 1.29 is 0 Å². The summed E-state index contributed by atoms with van der Waals surface area (Å²) in [6.45, 7) is 4.36. The zero-order valence-electron chi connectivity index (χ0n) is 11.0. The molecule has 0 spiro atoms. The fourth-order valence-electron chi connectivity index (χ4n) is 1.70. The summed E-state index contributed by atoms with van der Waals surface area (Å²) in [5, 5.41) is 0. The van der Waals surface area contributed by atoms with Crippen LogP contribution in [0.25, 0.3) is 0 Å². The summed E-state index contributed by atoms with van der Waals surface area (Å²) in [7, 11) is 0. The maximum atomic E-state index is 3.34. The first-order valence-electron chi connectivity index (χ1n) is 6.45. The third-order valence-corrected chi connectivity index (χ3v) is 5.85. The summed E-state index contributed by atoms with van der Waals surface area (Å²) in [6.07, 6.45) is 3.89. The third kappa shape index (κ3) is 4.06. The zero-order chi connectivity index (χ0) is 12.8. The number of aryl methyl sites for hydroxylation is 2. The Morgan fingerprint density at radius 3 is 2.50 bits per heavy atom. The van der Waals surface area contributed by atoms with Crippen LogP contribution in [-0.2, 0) is 6.42 Å². The van der Waals surface area contributed by atoms with Crippen LogP contribution in [0.1, 0.15) is 38.1 Å². The van der Waals surface area contributed by atoms with Crippen LogP contribution in [0.4, 0.5) is 0 Å². The molecule has 0 nitrogen and oxygen atoms in total. The van der Waals surface area contributed by atoms with Crippen molar-refractivity contribution >= 4 is 20.4 Å². The van der Waals surface area contributed by atoms with Gasteiger partial charge in [-0.15, -0.1) is 0 Å². The van der Waals surface area contributed by atoms with Gasteiger partial charge in [0, 0.05) is 0 Å². The summed E-state index contributed by atoms with van der Waals surface area (Å²) in [6, 6.07) is 13.0. The topological polar surface area (TPSA) is 0 Å². The van der Waals surface area contributed by atoms with Gasteiger partial charge in [0.2, 0.25) is 0 Å². The van der Waals surface area contributed by atoms with Gasteiger partial charge in [-0.05, 0) is 0 Å². The van der Waals surface area contributed by atoms with E-state index >= 15 is 0 Å². The molecule has 0 saturated heterocycles. The molecule has 0 aliphatic heterocycles. The molecule has 1 aromatic carbocycles. The third-order valence-electron chi connectivity index (χ3n) is 2.82. The zero-order valence-corrected chi connectivity index (χ0v) is 13.3. The van der Waals surface area contributed by atoms with Crippen molar-refractivity contribution in [2.45, 2.75) is 33.1 Å². The van der Waals surface area contributed by atoms with E-state index in [1.165, 1.54) is 28.4 Å². The van der Waals surface area contributed by atoms with Crippen molar-refractivity contribution in [3.63, 3.8) is 0 Å². The Labute approximate surface area is 120 Å². The van der Waals surface area contributed by atoms with E-state index in [9.17, 15) is 0 Å². The Hall–Kier alpha value is -0.950. The predicted octanol–water partition coefficient (Wildman–Crippen LogP) is 3.79. The average molecular weight is 350 g/mol. The van der Waals surface area contributed by atoms with Crippen molar-refractivity contribution in [2.75, 3.05) is 0 Å². The van der Waals surface area contributed by atoms with E-state index in [-0.39, 0.29) is 20.4 Å². The van der Waals surface area contributed by atoms with Crippen LogP contribution < -0.4 is 0 Å². The summed E-state index contributed by atoms with van der Waals surface area (Å²) in [5.41, 5.74) is 2.41. The first kappa shape index (κ1) is 13.5. The van der Waals surface area contributed by atoms with Gasteiger partial charge in [-0.25, -0.2) is 0 Å². The van der Waals surface area contributed by atoms with Crippen LogP contribution in [0.15, 0.2) is 36.4 Å². The first-order valence-corrected chi connectivity index (χ1v) is 8.78. The minimum atomic E-state index is -0.142. The molecule has 0 aliphatic rings. The van der Waals surface area contributed by atoms with Gasteiger partial charge in [0.05, 0.1) is 0 Å². The Morgan fingerprint density at radius 2 is 1.78 bits per heavy atom. The molecule has 0 radical (unpaired) electrons. The second-order valence-electron chi connectivity index (χ2n) is 4.49. The van der Waals surface area contributed by atoms with Gasteiger partial charge in [0.25, 0.3) is 0 Å². The van der Waals surface area contributed by atoms with Crippen LogP contribution in [0, 0.1) is 18.8 Å². The van der Waals surface area contributed by atoms with Crippen LogP contribution >= 0.6 is 0 Å². The summed E-state index contributed by atoms with van der Waals surface area (Å²) < 4.78 is 3.04. The molecule has 0 saturated carbocycles. The van der Waals surface area contributed by atoms with E-state index in [0.717, 1.165) is 5.56 Å². The van der Waals surface area contributed by atoms with Gasteiger partial charge in [0.1, 0.15) is 0 Å². The fourth-order valence-corrected chi connectivity index (χ4v) is 4.28. The molecule has 92 valence electrons. The van der Waals surface area contributed by atoms with Crippen molar-refractivity contribution in [1.82, 2.24) is 0 Å². The number of hydrogen-bond donors (Lipinski definition) is 0. The summed E-state index contributed by atoms with van der Waals surface area (Å²) >= 11 is -0.142. The molecule has 1 heterocycles. The molecule has 18 heavy (non-hydrogen) atoms. The maximum absolute atomic E-state index is 3.34. The second-order valence-corrected chi connectivity index (χ2v) is 7.82. The molecule has 2 rings (SSSR count). The Balaban J connectivity index is 2.05. The number of benzene rings is 1. The number of rotatable bonds is 3. The molecule has 2 aromatic rings. The predicted molar refractivity (Wildman–Crippen MR) is 79.2 cm³/mol. The van der Waals surface area contributed by atoms with Gasteiger partial charge in [-0.1, -0.05) is 0 Å². The second kappa shape index (κ2) is 6.84. The quantitative estimate of drug-likeness (QED) is 0.584. The normalized spacial score (nSPS) is 9.89. The SMILES string of the molecule is CCCCc1ccc(C#Cc2ccc(C)cc2)[te]1. The van der Waals surface area contributed by atoms with Crippen molar-refractivity contribution in [3.8, 4) is 11.8 Å². The molecular formula is C17H18Te. The van der Waals surface area contributed by atoms with Crippen LogP contribution in [0.2, 0.25) is 0 Å². The van der Waals surface area contributed by atoms with E-state index in [1.54, 1.807) is 3.58 Å². The molecule has 0 amide bonds. The van der Waals surface area contributed by atoms with Gasteiger partial charge < -0.3 is 0 Å². The van der Waals surface area contributed by atoms with Crippen LogP contribution in [0.3, 0.4) is 0 Å². The fraction of sp³-hybridized carbons (Fsp3) is 0.294. The van der Waals surface area contributed by atoms with Gasteiger partial charge >= 0.3 is 120 Å². The molecule has 0 fully saturated rings. The number of unbranched alkanes of at least 4 members (excludes halogenated alkanes) is 1. The summed E-state index contributed by atoms with van der Waals surface area (Å²) in [4.78, 5) is 0. The molecule has 0 atom stereocenters. The minimum absolute atomic E-state index is 0.142. The van der Waals surface area contributed by atoms with Crippen molar-refractivity contribution in [2.24, 2.45) is 0 Å². The molecule has 0 aliphatic carbocycles. The monoisotopic (exact) mass is 352 g/mol. The number of hydrogen-bond acceptors (Lipinski definition) is 0. The molecular weight excluding hydrogens is 332 g/mol. The van der Waals surface area contributed by atoms with E-state index < -0.39 is 0 Å². The standard InChI is InChI=1S/C17H18Te/c1-3-4-5-16-12-13-17(18-16)11-10-15-8-6-14(2)7-9-15/h6-9,12-13H,3-5H2,1-2H3. The van der Waals surface area contributed by atoms with Crippen molar-refractivity contribution in [1.29, 1.82) is 0 Å². The van der Waals surface area contributed by atoms with E-state index in [4.69, 9.17) is 0 Å². The van der Waals surface area contributed by atoms with Gasteiger partial charge in [-0.3, -0.25) is 0 Å². The van der Waals surface area contributed by atoms with Gasteiger partial charge in [0.15, 0.2) is 0 Å². The molecule has 1 heteroatoms. The van der Waals surface area contributed by atoms with Crippen molar-refractivity contribution in [3.05, 3.63) is 54.7 Å². The van der Waals surface area contributed by atoms with Gasteiger partial charge in [-0.2, -0.15) is 0 Å². The van der Waals surface area contributed by atoms with Crippen LogP contribution in [0.5, 0.6) is 0 Å². The van der Waals surface area contributed by atoms with Crippen LogP contribution in [-0.4, -0.2) is 20.4 Å². The molecule has 0 N–H and O–H groups in total. The molecule has 1 aromatic heterocycles. The van der Waals surface area contributed by atoms with E-state index in [2.05, 4.69) is 62.1 Å². The van der Waals surface area contributed by atoms with E-state index in [0.29, 0.717) is 0 Å².